The van der Waals surface area contributed by atoms with Gasteiger partial charge < -0.3 is 10.1 Å². The van der Waals surface area contributed by atoms with E-state index >= 15 is 0 Å². The van der Waals surface area contributed by atoms with Crippen LogP contribution in [-0.2, 0) is 0 Å². The number of aromatic nitrogens is 1. The van der Waals surface area contributed by atoms with Crippen molar-refractivity contribution in [2.45, 2.75) is 19.9 Å². The molecule has 1 N–H and O–H groups in total. The van der Waals surface area contributed by atoms with Crippen molar-refractivity contribution in [3.8, 4) is 11.6 Å². The Hall–Kier alpha value is -1.39. The summed E-state index contributed by atoms with van der Waals surface area (Å²) in [6, 6.07) is 11.9. The lowest BCUT2D eigenvalue weighted by atomic mass is 10.1. The molecule has 0 saturated carbocycles. The minimum Gasteiger partial charge on any atom is -0.439 e. The molecule has 0 bridgehead atoms. The first-order valence-corrected chi connectivity index (χ1v) is 7.11. The fourth-order valence-corrected chi connectivity index (χ4v) is 2.11. The second-order valence-corrected chi connectivity index (χ2v) is 5.15. The van der Waals surface area contributed by atoms with E-state index in [9.17, 15) is 0 Å². The van der Waals surface area contributed by atoms with Crippen molar-refractivity contribution in [1.82, 2.24) is 10.3 Å². The number of rotatable bonds is 5. The van der Waals surface area contributed by atoms with E-state index < -0.39 is 0 Å². The highest BCUT2D eigenvalue weighted by Crippen LogP contribution is 2.27. The maximum atomic E-state index is 5.86. The number of nitrogens with one attached hydrogen (secondary N) is 1. The monoisotopic (exact) mass is 320 g/mol. The first-order valence-electron chi connectivity index (χ1n) is 6.32. The molecule has 2 aromatic rings. The van der Waals surface area contributed by atoms with Gasteiger partial charge in [0.2, 0.25) is 5.88 Å². The highest BCUT2D eigenvalue weighted by Gasteiger charge is 2.12. The van der Waals surface area contributed by atoms with Gasteiger partial charge in [0.25, 0.3) is 0 Å². The summed E-state index contributed by atoms with van der Waals surface area (Å²) in [6.07, 6.45) is 1.75. The van der Waals surface area contributed by atoms with Crippen LogP contribution in [0.1, 0.15) is 25.5 Å². The van der Waals surface area contributed by atoms with E-state index in [1.165, 1.54) is 0 Å². The number of nitrogens with zero attached hydrogens (tertiary/aromatic N) is 1. The second kappa shape index (κ2) is 6.68. The van der Waals surface area contributed by atoms with E-state index in [-0.39, 0.29) is 6.04 Å². The molecule has 1 aromatic heterocycles. The Kier molecular flexibility index (Phi) is 4.93. The van der Waals surface area contributed by atoms with Crippen LogP contribution in [-0.4, -0.2) is 11.5 Å². The van der Waals surface area contributed by atoms with E-state index in [1.54, 1.807) is 6.20 Å². The SMILES string of the molecule is CCNC(C)c1cccnc1Oc1ccc(Br)cc1. The van der Waals surface area contributed by atoms with E-state index in [0.29, 0.717) is 5.88 Å². The minimum absolute atomic E-state index is 0.212. The van der Waals surface area contributed by atoms with Gasteiger partial charge in [-0.2, -0.15) is 0 Å². The first-order chi connectivity index (χ1) is 9.20. The van der Waals surface area contributed by atoms with Crippen molar-refractivity contribution < 1.29 is 4.74 Å². The standard InChI is InChI=1S/C15H17BrN2O/c1-3-17-11(2)14-5-4-10-18-15(14)19-13-8-6-12(16)7-9-13/h4-11,17H,3H2,1-2H3. The van der Waals surface area contributed by atoms with Gasteiger partial charge in [0.05, 0.1) is 0 Å². The number of pyridine rings is 1. The Bertz CT molecular complexity index is 528. The zero-order valence-electron chi connectivity index (χ0n) is 11.1. The lowest BCUT2D eigenvalue weighted by Crippen LogP contribution is -2.18. The predicted octanol–water partition coefficient (Wildman–Crippen LogP) is 4.31. The fourth-order valence-electron chi connectivity index (χ4n) is 1.85. The van der Waals surface area contributed by atoms with Gasteiger partial charge in [-0.1, -0.05) is 28.9 Å². The number of ether oxygens (including phenoxy) is 1. The van der Waals surface area contributed by atoms with Crippen molar-refractivity contribution in [1.29, 1.82) is 0 Å². The lowest BCUT2D eigenvalue weighted by molar-refractivity contribution is 0.444. The molecule has 4 heteroatoms. The summed E-state index contributed by atoms with van der Waals surface area (Å²) in [5.74, 6) is 1.44. The largest absolute Gasteiger partial charge is 0.439 e. The van der Waals surface area contributed by atoms with Gasteiger partial charge in [-0.3, -0.25) is 0 Å². The third-order valence-electron chi connectivity index (χ3n) is 2.81. The molecule has 0 spiro atoms. The fraction of sp³-hybridized carbons (Fsp3) is 0.267. The molecule has 100 valence electrons. The average molecular weight is 321 g/mol. The highest BCUT2D eigenvalue weighted by molar-refractivity contribution is 9.10. The predicted molar refractivity (Wildman–Crippen MR) is 80.5 cm³/mol. The molecule has 0 aliphatic rings. The maximum Gasteiger partial charge on any atom is 0.223 e. The van der Waals surface area contributed by atoms with Crippen molar-refractivity contribution in [3.05, 3.63) is 52.6 Å². The Morgan fingerprint density at radius 3 is 2.68 bits per heavy atom. The van der Waals surface area contributed by atoms with Gasteiger partial charge in [0, 0.05) is 22.3 Å². The Morgan fingerprint density at radius 2 is 2.00 bits per heavy atom. The molecule has 3 nitrogen and oxygen atoms in total. The smallest absolute Gasteiger partial charge is 0.223 e. The molecule has 0 fully saturated rings. The molecule has 0 aliphatic carbocycles. The molecular weight excluding hydrogens is 304 g/mol. The highest BCUT2D eigenvalue weighted by atomic mass is 79.9. The van der Waals surface area contributed by atoms with E-state index in [1.807, 2.05) is 36.4 Å². The van der Waals surface area contributed by atoms with Crippen LogP contribution in [0.2, 0.25) is 0 Å². The zero-order valence-corrected chi connectivity index (χ0v) is 12.6. The quantitative estimate of drug-likeness (QED) is 0.891. The summed E-state index contributed by atoms with van der Waals surface area (Å²) in [5, 5.41) is 3.37. The summed E-state index contributed by atoms with van der Waals surface area (Å²) < 4.78 is 6.89. The first kappa shape index (κ1) is 14.0. The van der Waals surface area contributed by atoms with Crippen LogP contribution < -0.4 is 10.1 Å². The molecule has 0 radical (unpaired) electrons. The maximum absolute atomic E-state index is 5.86. The number of hydrogen-bond acceptors (Lipinski definition) is 3. The molecule has 1 heterocycles. The number of hydrogen-bond donors (Lipinski definition) is 1. The summed E-state index contributed by atoms with van der Waals surface area (Å²) in [7, 11) is 0. The lowest BCUT2D eigenvalue weighted by Gasteiger charge is -2.16. The average Bonchev–Trinajstić information content (AvgIpc) is 2.42. The molecule has 0 amide bonds. The van der Waals surface area contributed by atoms with Gasteiger partial charge >= 0.3 is 0 Å². The normalized spacial score (nSPS) is 12.2. The summed E-state index contributed by atoms with van der Waals surface area (Å²) in [6.45, 7) is 5.10. The Labute approximate surface area is 122 Å². The van der Waals surface area contributed by atoms with Crippen LogP contribution in [0.5, 0.6) is 11.6 Å². The molecule has 1 unspecified atom stereocenters. The zero-order chi connectivity index (χ0) is 13.7. The van der Waals surface area contributed by atoms with Crippen molar-refractivity contribution in [2.75, 3.05) is 6.54 Å². The van der Waals surface area contributed by atoms with Crippen molar-refractivity contribution in [2.24, 2.45) is 0 Å². The Morgan fingerprint density at radius 1 is 1.26 bits per heavy atom. The summed E-state index contributed by atoms with van der Waals surface area (Å²) >= 11 is 3.41. The Balaban J connectivity index is 2.22. The van der Waals surface area contributed by atoms with Crippen LogP contribution in [0.3, 0.4) is 0 Å². The van der Waals surface area contributed by atoms with E-state index in [2.05, 4.69) is 40.1 Å². The molecule has 0 aliphatic heterocycles. The summed E-state index contributed by atoms with van der Waals surface area (Å²) in [4.78, 5) is 4.33. The van der Waals surface area contributed by atoms with E-state index in [4.69, 9.17) is 4.74 Å². The van der Waals surface area contributed by atoms with Crippen molar-refractivity contribution in [3.63, 3.8) is 0 Å². The van der Waals surface area contributed by atoms with Crippen molar-refractivity contribution >= 4 is 15.9 Å². The molecule has 2 rings (SSSR count). The number of halogens is 1. The van der Waals surface area contributed by atoms with E-state index in [0.717, 1.165) is 22.3 Å². The van der Waals surface area contributed by atoms with Crippen LogP contribution in [0.4, 0.5) is 0 Å². The van der Waals surface area contributed by atoms with Gasteiger partial charge in [-0.25, -0.2) is 4.98 Å². The van der Waals surface area contributed by atoms with Gasteiger partial charge in [-0.05, 0) is 43.8 Å². The summed E-state index contributed by atoms with van der Waals surface area (Å²) in [5.41, 5.74) is 1.06. The molecule has 1 atom stereocenters. The third-order valence-corrected chi connectivity index (χ3v) is 3.33. The molecule has 1 aromatic carbocycles. The molecule has 19 heavy (non-hydrogen) atoms. The molecular formula is C15H17BrN2O. The third kappa shape index (κ3) is 3.78. The van der Waals surface area contributed by atoms with Gasteiger partial charge in [-0.15, -0.1) is 0 Å². The van der Waals surface area contributed by atoms with Gasteiger partial charge in [0.1, 0.15) is 5.75 Å². The number of benzene rings is 1. The van der Waals surface area contributed by atoms with Crippen LogP contribution in [0, 0.1) is 0 Å². The topological polar surface area (TPSA) is 34.2 Å². The molecule has 0 saturated heterocycles. The van der Waals surface area contributed by atoms with Crippen LogP contribution >= 0.6 is 15.9 Å². The second-order valence-electron chi connectivity index (χ2n) is 4.23. The van der Waals surface area contributed by atoms with Crippen LogP contribution in [0.25, 0.3) is 0 Å². The van der Waals surface area contributed by atoms with Gasteiger partial charge in [0.15, 0.2) is 0 Å². The minimum atomic E-state index is 0.212. The van der Waals surface area contributed by atoms with Crippen LogP contribution in [0.15, 0.2) is 47.1 Å².